The maximum absolute atomic E-state index is 12.8. The first-order chi connectivity index (χ1) is 12.9. The molecule has 27 heavy (non-hydrogen) atoms. The molecule has 0 aliphatic rings. The zero-order valence-electron chi connectivity index (χ0n) is 15.9. The smallest absolute Gasteiger partial charge is 0.242 e. The normalized spacial score (nSPS) is 11.7. The molecule has 0 aliphatic heterocycles. The highest BCUT2D eigenvalue weighted by Crippen LogP contribution is 2.18. The maximum Gasteiger partial charge on any atom is 0.242 e. The molecular formula is C21H25ClN2O2S. The quantitative estimate of drug-likeness (QED) is 0.722. The predicted molar refractivity (Wildman–Crippen MR) is 113 cm³/mol. The molecule has 0 saturated carbocycles. The van der Waals surface area contributed by atoms with Crippen molar-refractivity contribution in [3.63, 3.8) is 0 Å². The third-order valence-electron chi connectivity index (χ3n) is 4.29. The van der Waals surface area contributed by atoms with Crippen LogP contribution in [0.1, 0.15) is 23.6 Å². The van der Waals surface area contributed by atoms with Gasteiger partial charge in [-0.1, -0.05) is 53.6 Å². The molecule has 0 radical (unpaired) electrons. The fraction of sp³-hybridized carbons (Fsp3) is 0.333. The Morgan fingerprint density at radius 2 is 1.67 bits per heavy atom. The molecule has 0 unspecified atom stereocenters. The standard InChI is InChI=1S/C21H25ClN2O2S/c1-15-4-6-17(7-5-15)12-24(16(2)21(26)23-3)20(25)14-27-13-18-8-10-19(22)11-9-18/h4-11,16H,12-14H2,1-3H3,(H,23,26)/t16-/m0/s1. The van der Waals surface area contributed by atoms with Crippen LogP contribution in [-0.2, 0) is 21.9 Å². The van der Waals surface area contributed by atoms with Crippen molar-refractivity contribution in [1.82, 2.24) is 10.2 Å². The minimum Gasteiger partial charge on any atom is -0.357 e. The summed E-state index contributed by atoms with van der Waals surface area (Å²) in [7, 11) is 1.59. The molecule has 0 spiro atoms. The molecule has 2 amide bonds. The number of thioether (sulfide) groups is 1. The van der Waals surface area contributed by atoms with E-state index in [4.69, 9.17) is 11.6 Å². The molecule has 6 heteroatoms. The molecule has 144 valence electrons. The van der Waals surface area contributed by atoms with Crippen molar-refractivity contribution in [2.24, 2.45) is 0 Å². The van der Waals surface area contributed by atoms with E-state index >= 15 is 0 Å². The van der Waals surface area contributed by atoms with E-state index in [9.17, 15) is 9.59 Å². The number of likely N-dealkylation sites (N-methyl/N-ethyl adjacent to an activating group) is 1. The maximum atomic E-state index is 12.8. The molecule has 2 aromatic rings. The van der Waals surface area contributed by atoms with Crippen molar-refractivity contribution in [2.45, 2.75) is 32.2 Å². The van der Waals surface area contributed by atoms with Gasteiger partial charge in [-0.05, 0) is 37.1 Å². The number of hydrogen-bond donors (Lipinski definition) is 1. The van der Waals surface area contributed by atoms with Crippen LogP contribution in [0.5, 0.6) is 0 Å². The van der Waals surface area contributed by atoms with Gasteiger partial charge >= 0.3 is 0 Å². The van der Waals surface area contributed by atoms with Crippen LogP contribution >= 0.6 is 23.4 Å². The third kappa shape index (κ3) is 6.60. The Morgan fingerprint density at radius 1 is 1.07 bits per heavy atom. The summed E-state index contributed by atoms with van der Waals surface area (Å²) in [6, 6.07) is 15.1. The van der Waals surface area contributed by atoms with E-state index in [1.165, 1.54) is 11.8 Å². The highest BCUT2D eigenvalue weighted by molar-refractivity contribution is 7.99. The van der Waals surface area contributed by atoms with Crippen molar-refractivity contribution >= 4 is 35.2 Å². The Labute approximate surface area is 170 Å². The fourth-order valence-electron chi connectivity index (χ4n) is 2.60. The topological polar surface area (TPSA) is 49.4 Å². The van der Waals surface area contributed by atoms with E-state index < -0.39 is 6.04 Å². The summed E-state index contributed by atoms with van der Waals surface area (Å²) in [4.78, 5) is 26.6. The minimum absolute atomic E-state index is 0.0503. The number of carbonyl (C=O) groups is 2. The van der Waals surface area contributed by atoms with Crippen LogP contribution in [0.3, 0.4) is 0 Å². The number of nitrogens with one attached hydrogen (secondary N) is 1. The van der Waals surface area contributed by atoms with Crippen molar-refractivity contribution < 1.29 is 9.59 Å². The van der Waals surface area contributed by atoms with Gasteiger partial charge in [-0.15, -0.1) is 11.8 Å². The molecule has 2 rings (SSSR count). The molecule has 2 aromatic carbocycles. The number of rotatable bonds is 8. The first kappa shape index (κ1) is 21.3. The Balaban J connectivity index is 2.02. The molecular weight excluding hydrogens is 380 g/mol. The molecule has 4 nitrogen and oxygen atoms in total. The fourth-order valence-corrected chi connectivity index (χ4v) is 3.60. The lowest BCUT2D eigenvalue weighted by Crippen LogP contribution is -2.47. The second-order valence-electron chi connectivity index (χ2n) is 6.42. The molecule has 0 heterocycles. The van der Waals surface area contributed by atoms with E-state index in [1.807, 2.05) is 55.5 Å². The van der Waals surface area contributed by atoms with E-state index in [1.54, 1.807) is 18.9 Å². The highest BCUT2D eigenvalue weighted by Gasteiger charge is 2.25. The molecule has 0 aromatic heterocycles. The first-order valence-corrected chi connectivity index (χ1v) is 10.3. The van der Waals surface area contributed by atoms with Crippen LogP contribution in [-0.4, -0.2) is 35.6 Å². The first-order valence-electron chi connectivity index (χ1n) is 8.79. The summed E-state index contributed by atoms with van der Waals surface area (Å²) in [5, 5.41) is 3.33. The monoisotopic (exact) mass is 404 g/mol. The Kier molecular flexibility index (Phi) is 8.20. The zero-order valence-corrected chi connectivity index (χ0v) is 17.4. The van der Waals surface area contributed by atoms with Gasteiger partial charge < -0.3 is 10.2 Å². The molecule has 0 bridgehead atoms. The van der Waals surface area contributed by atoms with Gasteiger partial charge in [0.15, 0.2) is 0 Å². The van der Waals surface area contributed by atoms with E-state index in [2.05, 4.69) is 5.32 Å². The Hall–Kier alpha value is -1.98. The molecule has 1 N–H and O–H groups in total. The average molecular weight is 405 g/mol. The summed E-state index contributed by atoms with van der Waals surface area (Å²) < 4.78 is 0. The van der Waals surface area contributed by atoms with Crippen LogP contribution in [0.2, 0.25) is 5.02 Å². The van der Waals surface area contributed by atoms with Gasteiger partial charge in [0.05, 0.1) is 5.75 Å². The van der Waals surface area contributed by atoms with Gasteiger partial charge in [0.1, 0.15) is 6.04 Å². The number of hydrogen-bond acceptors (Lipinski definition) is 3. The van der Waals surface area contributed by atoms with Crippen LogP contribution in [0.4, 0.5) is 0 Å². The van der Waals surface area contributed by atoms with Gasteiger partial charge in [-0.2, -0.15) is 0 Å². The van der Waals surface area contributed by atoms with E-state index in [0.717, 1.165) is 22.4 Å². The van der Waals surface area contributed by atoms with Crippen LogP contribution in [0.25, 0.3) is 0 Å². The summed E-state index contributed by atoms with van der Waals surface area (Å²) >= 11 is 7.43. The minimum atomic E-state index is -0.528. The molecule has 0 saturated heterocycles. The summed E-state index contributed by atoms with van der Waals surface area (Å²) in [5.74, 6) is 0.814. The van der Waals surface area contributed by atoms with Crippen LogP contribution in [0, 0.1) is 6.92 Å². The molecule has 0 fully saturated rings. The second kappa shape index (κ2) is 10.4. The van der Waals surface area contributed by atoms with Gasteiger partial charge in [0.2, 0.25) is 11.8 Å². The van der Waals surface area contributed by atoms with Gasteiger partial charge in [0, 0.05) is 24.4 Å². The van der Waals surface area contributed by atoms with Gasteiger partial charge in [0.25, 0.3) is 0 Å². The Bertz CT molecular complexity index is 763. The largest absolute Gasteiger partial charge is 0.357 e. The van der Waals surface area contributed by atoms with E-state index in [-0.39, 0.29) is 11.8 Å². The number of benzene rings is 2. The van der Waals surface area contributed by atoms with Gasteiger partial charge in [-0.3, -0.25) is 9.59 Å². The van der Waals surface area contributed by atoms with Crippen LogP contribution < -0.4 is 5.32 Å². The summed E-state index contributed by atoms with van der Waals surface area (Å²) in [5.41, 5.74) is 3.28. The Morgan fingerprint density at radius 3 is 2.26 bits per heavy atom. The van der Waals surface area contributed by atoms with Gasteiger partial charge in [-0.25, -0.2) is 0 Å². The molecule has 1 atom stereocenters. The number of aryl methyl sites for hydroxylation is 1. The van der Waals surface area contributed by atoms with E-state index in [0.29, 0.717) is 17.3 Å². The average Bonchev–Trinajstić information content (AvgIpc) is 2.67. The van der Waals surface area contributed by atoms with Crippen molar-refractivity contribution in [3.05, 3.63) is 70.2 Å². The lowest BCUT2D eigenvalue weighted by molar-refractivity contribution is -0.138. The second-order valence-corrected chi connectivity index (χ2v) is 7.84. The summed E-state index contributed by atoms with van der Waals surface area (Å²) in [6.07, 6.45) is 0. The van der Waals surface area contributed by atoms with Crippen molar-refractivity contribution in [1.29, 1.82) is 0 Å². The number of amides is 2. The lowest BCUT2D eigenvalue weighted by Gasteiger charge is -2.28. The molecule has 0 aliphatic carbocycles. The predicted octanol–water partition coefficient (Wildman–Crippen LogP) is 4.04. The SMILES string of the molecule is CNC(=O)[C@H](C)N(Cc1ccc(C)cc1)C(=O)CSCc1ccc(Cl)cc1. The number of nitrogens with zero attached hydrogens (tertiary/aromatic N) is 1. The zero-order chi connectivity index (χ0) is 19.8. The number of carbonyl (C=O) groups excluding carboxylic acids is 2. The van der Waals surface area contributed by atoms with Crippen LogP contribution in [0.15, 0.2) is 48.5 Å². The highest BCUT2D eigenvalue weighted by atomic mass is 35.5. The number of halogens is 1. The van der Waals surface area contributed by atoms with Crippen molar-refractivity contribution in [3.8, 4) is 0 Å². The third-order valence-corrected chi connectivity index (χ3v) is 5.54. The summed E-state index contributed by atoms with van der Waals surface area (Å²) in [6.45, 7) is 4.19. The van der Waals surface area contributed by atoms with Crippen molar-refractivity contribution in [2.75, 3.05) is 12.8 Å². The lowest BCUT2D eigenvalue weighted by atomic mass is 10.1.